The van der Waals surface area contributed by atoms with E-state index in [2.05, 4.69) is 0 Å². The first-order chi connectivity index (χ1) is 8.97. The molecule has 1 aliphatic rings. The number of nitrogens with two attached hydrogens (primary N) is 1. The standard InChI is InChI=1S/C12H14F3NO3/c13-12(14,15)11(17)6-16-5-8-7-18-9-3-1-2-4-10(9)19-8/h1-4,8,11,16-17H,5-7H2/p+1/t8-,11-/m0/s1. The van der Waals surface area contributed by atoms with E-state index in [1.165, 1.54) is 5.32 Å². The lowest BCUT2D eigenvalue weighted by molar-refractivity contribution is -0.670. The molecule has 7 heteroatoms. The van der Waals surface area contributed by atoms with E-state index >= 15 is 0 Å². The first kappa shape index (κ1) is 14.0. The number of benzene rings is 1. The lowest BCUT2D eigenvalue weighted by atomic mass is 10.2. The molecule has 2 rings (SSSR count). The van der Waals surface area contributed by atoms with Gasteiger partial charge in [0.1, 0.15) is 19.7 Å². The molecule has 1 aliphatic heterocycles. The van der Waals surface area contributed by atoms with Crippen LogP contribution in [0.1, 0.15) is 0 Å². The van der Waals surface area contributed by atoms with Crippen LogP contribution in [-0.4, -0.2) is 43.2 Å². The van der Waals surface area contributed by atoms with Gasteiger partial charge in [0.15, 0.2) is 23.7 Å². The minimum Gasteiger partial charge on any atom is -0.486 e. The summed E-state index contributed by atoms with van der Waals surface area (Å²) < 4.78 is 47.3. The van der Waals surface area contributed by atoms with Crippen LogP contribution in [0.15, 0.2) is 24.3 Å². The summed E-state index contributed by atoms with van der Waals surface area (Å²) in [5.41, 5.74) is 0. The highest BCUT2D eigenvalue weighted by Gasteiger charge is 2.39. The van der Waals surface area contributed by atoms with Crippen molar-refractivity contribution in [2.45, 2.75) is 18.4 Å². The molecule has 2 atom stereocenters. The summed E-state index contributed by atoms with van der Waals surface area (Å²) in [6.07, 6.45) is -7.22. The number of para-hydroxylation sites is 2. The Bertz CT molecular complexity index is 425. The van der Waals surface area contributed by atoms with E-state index in [0.29, 0.717) is 18.0 Å². The lowest BCUT2D eigenvalue weighted by Crippen LogP contribution is -2.89. The van der Waals surface area contributed by atoms with Crippen LogP contribution in [0.25, 0.3) is 0 Å². The highest BCUT2D eigenvalue weighted by atomic mass is 19.4. The predicted molar refractivity (Wildman–Crippen MR) is 60.1 cm³/mol. The third kappa shape index (κ3) is 3.74. The van der Waals surface area contributed by atoms with Gasteiger partial charge in [-0.25, -0.2) is 0 Å². The van der Waals surface area contributed by atoms with Crippen LogP contribution in [0.4, 0.5) is 13.2 Å². The van der Waals surface area contributed by atoms with Gasteiger partial charge >= 0.3 is 6.18 Å². The van der Waals surface area contributed by atoms with Crippen LogP contribution in [0.3, 0.4) is 0 Å². The van der Waals surface area contributed by atoms with E-state index in [0.717, 1.165) is 0 Å². The highest BCUT2D eigenvalue weighted by Crippen LogP contribution is 2.30. The molecule has 0 fully saturated rings. The molecule has 0 aliphatic carbocycles. The Labute approximate surface area is 108 Å². The Balaban J connectivity index is 1.77. The highest BCUT2D eigenvalue weighted by molar-refractivity contribution is 5.40. The number of ether oxygens (including phenoxy) is 2. The van der Waals surface area contributed by atoms with E-state index in [9.17, 15) is 13.2 Å². The van der Waals surface area contributed by atoms with Gasteiger partial charge in [0.25, 0.3) is 0 Å². The molecule has 0 amide bonds. The summed E-state index contributed by atoms with van der Waals surface area (Å²) >= 11 is 0. The van der Waals surface area contributed by atoms with Gasteiger partial charge in [-0.15, -0.1) is 0 Å². The number of aliphatic hydroxyl groups is 1. The molecule has 106 valence electrons. The van der Waals surface area contributed by atoms with Gasteiger partial charge in [-0.05, 0) is 12.1 Å². The van der Waals surface area contributed by atoms with Crippen molar-refractivity contribution in [3.63, 3.8) is 0 Å². The zero-order valence-electron chi connectivity index (χ0n) is 10.1. The minimum absolute atomic E-state index is 0.287. The topological polar surface area (TPSA) is 55.3 Å². The maximum Gasteiger partial charge on any atom is 0.419 e. The number of hydrogen-bond acceptors (Lipinski definition) is 3. The maximum absolute atomic E-state index is 12.1. The van der Waals surface area contributed by atoms with Crippen molar-refractivity contribution in [2.24, 2.45) is 0 Å². The average Bonchev–Trinajstić information content (AvgIpc) is 2.37. The summed E-state index contributed by atoms with van der Waals surface area (Å²) in [5.74, 6) is 1.22. The van der Waals surface area contributed by atoms with Crippen LogP contribution >= 0.6 is 0 Å². The first-order valence-corrected chi connectivity index (χ1v) is 5.92. The Morgan fingerprint density at radius 1 is 1.32 bits per heavy atom. The molecule has 0 bridgehead atoms. The van der Waals surface area contributed by atoms with Gasteiger partial charge in [0, 0.05) is 0 Å². The summed E-state index contributed by atoms with van der Waals surface area (Å²) in [5, 5.41) is 10.2. The fourth-order valence-electron chi connectivity index (χ4n) is 1.75. The van der Waals surface area contributed by atoms with E-state index < -0.39 is 18.8 Å². The molecule has 0 spiro atoms. The number of aliphatic hydroxyl groups excluding tert-OH is 1. The van der Waals surface area contributed by atoms with Crippen molar-refractivity contribution in [1.29, 1.82) is 0 Å². The van der Waals surface area contributed by atoms with Crippen molar-refractivity contribution >= 4 is 0 Å². The molecule has 0 saturated carbocycles. The Morgan fingerprint density at radius 2 is 2.00 bits per heavy atom. The van der Waals surface area contributed by atoms with E-state index in [4.69, 9.17) is 14.6 Å². The van der Waals surface area contributed by atoms with Crippen LogP contribution in [0, 0.1) is 0 Å². The van der Waals surface area contributed by atoms with Gasteiger partial charge in [0.2, 0.25) is 0 Å². The first-order valence-electron chi connectivity index (χ1n) is 5.92. The minimum atomic E-state index is -4.58. The molecular formula is C12H15F3NO3+. The van der Waals surface area contributed by atoms with Crippen molar-refractivity contribution in [3.8, 4) is 11.5 Å². The summed E-state index contributed by atoms with van der Waals surface area (Å²) in [7, 11) is 0. The molecular weight excluding hydrogens is 263 g/mol. The third-order valence-electron chi connectivity index (χ3n) is 2.76. The van der Waals surface area contributed by atoms with Gasteiger partial charge in [-0.3, -0.25) is 0 Å². The number of alkyl halides is 3. The van der Waals surface area contributed by atoms with Gasteiger partial charge < -0.3 is 19.9 Å². The van der Waals surface area contributed by atoms with Crippen LogP contribution in [0.2, 0.25) is 0 Å². The normalized spacial score (nSPS) is 20.1. The molecule has 0 radical (unpaired) electrons. The van der Waals surface area contributed by atoms with Crippen molar-refractivity contribution in [1.82, 2.24) is 0 Å². The molecule has 4 nitrogen and oxygen atoms in total. The largest absolute Gasteiger partial charge is 0.486 e. The fourth-order valence-corrected chi connectivity index (χ4v) is 1.75. The van der Waals surface area contributed by atoms with Gasteiger partial charge in [-0.1, -0.05) is 12.1 Å². The smallest absolute Gasteiger partial charge is 0.419 e. The molecule has 0 aromatic heterocycles. The van der Waals surface area contributed by atoms with Crippen LogP contribution < -0.4 is 14.8 Å². The molecule has 3 N–H and O–H groups in total. The Kier molecular flexibility index (Phi) is 4.16. The number of hydrogen-bond donors (Lipinski definition) is 2. The number of rotatable bonds is 4. The van der Waals surface area contributed by atoms with Crippen molar-refractivity contribution < 1.29 is 33.1 Å². The third-order valence-corrected chi connectivity index (χ3v) is 2.76. The summed E-state index contributed by atoms with van der Waals surface area (Å²) in [6.45, 7) is 0.141. The second-order valence-corrected chi connectivity index (χ2v) is 4.32. The van der Waals surface area contributed by atoms with Gasteiger partial charge in [0.05, 0.1) is 0 Å². The van der Waals surface area contributed by atoms with E-state index in [1.54, 1.807) is 18.2 Å². The van der Waals surface area contributed by atoms with E-state index in [-0.39, 0.29) is 12.7 Å². The zero-order chi connectivity index (χ0) is 13.9. The molecule has 1 heterocycles. The quantitative estimate of drug-likeness (QED) is 0.833. The zero-order valence-corrected chi connectivity index (χ0v) is 10.1. The Morgan fingerprint density at radius 3 is 2.68 bits per heavy atom. The second kappa shape index (κ2) is 5.66. The molecule has 1 aromatic rings. The predicted octanol–water partition coefficient (Wildman–Crippen LogP) is 0.313. The molecule has 0 unspecified atom stereocenters. The van der Waals surface area contributed by atoms with Crippen LogP contribution in [-0.2, 0) is 0 Å². The van der Waals surface area contributed by atoms with E-state index in [1.807, 2.05) is 6.07 Å². The summed E-state index contributed by atoms with van der Waals surface area (Å²) in [4.78, 5) is 0. The SMILES string of the molecule is O[C@@H](C[NH2+]C[C@H]1COc2ccccc2O1)C(F)(F)F. The maximum atomic E-state index is 12.1. The Hall–Kier alpha value is -1.47. The summed E-state index contributed by atoms with van der Waals surface area (Å²) in [6, 6.07) is 7.12. The molecule has 19 heavy (non-hydrogen) atoms. The molecule has 0 saturated heterocycles. The van der Waals surface area contributed by atoms with Crippen LogP contribution in [0.5, 0.6) is 11.5 Å². The van der Waals surface area contributed by atoms with Gasteiger partial charge in [-0.2, -0.15) is 13.2 Å². The number of fused-ring (bicyclic) bond motifs is 1. The molecule has 1 aromatic carbocycles. The monoisotopic (exact) mass is 278 g/mol. The van der Waals surface area contributed by atoms with Crippen molar-refractivity contribution in [2.75, 3.05) is 19.7 Å². The number of halogens is 3. The van der Waals surface area contributed by atoms with Crippen molar-refractivity contribution in [3.05, 3.63) is 24.3 Å². The fraction of sp³-hybridized carbons (Fsp3) is 0.500. The number of quaternary nitrogens is 1. The lowest BCUT2D eigenvalue weighted by Gasteiger charge is -2.25. The average molecular weight is 278 g/mol. The second-order valence-electron chi connectivity index (χ2n) is 4.32.